The van der Waals surface area contributed by atoms with Gasteiger partial charge in [0.1, 0.15) is 16.9 Å². The number of ether oxygens (including phenoxy) is 2. The molecule has 1 aromatic carbocycles. The molecule has 166 valence electrons. The molecular formula is C20H22BrFN4O4S. The van der Waals surface area contributed by atoms with Gasteiger partial charge in [-0.2, -0.15) is 0 Å². The van der Waals surface area contributed by atoms with Crippen molar-refractivity contribution in [3.05, 3.63) is 56.9 Å². The first kappa shape index (κ1) is 24.8. The van der Waals surface area contributed by atoms with Crippen LogP contribution in [0.4, 0.5) is 9.18 Å². The molecule has 1 amide bonds. The first-order chi connectivity index (χ1) is 14.6. The predicted octanol–water partition coefficient (Wildman–Crippen LogP) is 4.23. The van der Waals surface area contributed by atoms with Gasteiger partial charge >= 0.3 is 12.1 Å². The van der Waals surface area contributed by atoms with Crippen LogP contribution in [0.1, 0.15) is 39.9 Å². The lowest BCUT2D eigenvalue weighted by Gasteiger charge is -2.26. The zero-order chi connectivity index (χ0) is 23.3. The molecule has 2 aromatic rings. The summed E-state index contributed by atoms with van der Waals surface area (Å²) in [5, 5.41) is 8.45. The van der Waals surface area contributed by atoms with Crippen molar-refractivity contribution in [1.82, 2.24) is 9.71 Å². The molecule has 0 aliphatic heterocycles. The smallest absolute Gasteiger partial charge is 0.411 e. The molecule has 2 unspecified atom stereocenters. The number of aryl methyl sites for hydroxylation is 1. The SMILES string of the molecule is COC(=O)c1cc(Br)cnc1SNC(C(=N)OC(N)=O)C(C)c1c(F)ccc(C)c1C. The number of hydrogen-bond donors (Lipinski definition) is 3. The topological polar surface area (TPSA) is 127 Å². The van der Waals surface area contributed by atoms with Crippen LogP contribution in [-0.4, -0.2) is 36.1 Å². The maximum absolute atomic E-state index is 14.7. The van der Waals surface area contributed by atoms with Crippen molar-refractivity contribution >= 4 is 45.8 Å². The fourth-order valence-corrected chi connectivity index (χ4v) is 4.21. The van der Waals surface area contributed by atoms with Gasteiger partial charge in [0.25, 0.3) is 0 Å². The molecule has 0 bridgehead atoms. The van der Waals surface area contributed by atoms with E-state index in [1.807, 2.05) is 6.92 Å². The van der Waals surface area contributed by atoms with Crippen LogP contribution in [0, 0.1) is 25.1 Å². The summed E-state index contributed by atoms with van der Waals surface area (Å²) in [4.78, 5) is 27.5. The van der Waals surface area contributed by atoms with E-state index in [9.17, 15) is 14.0 Å². The average Bonchev–Trinajstić information content (AvgIpc) is 2.71. The molecule has 0 aliphatic rings. The minimum absolute atomic E-state index is 0.182. The van der Waals surface area contributed by atoms with Crippen LogP contribution in [-0.2, 0) is 9.47 Å². The maximum Gasteiger partial charge on any atom is 0.411 e. The lowest BCUT2D eigenvalue weighted by atomic mass is 9.88. The third-order valence-corrected chi connectivity index (χ3v) is 6.01. The Labute approximate surface area is 191 Å². The molecule has 31 heavy (non-hydrogen) atoms. The molecule has 2 rings (SSSR count). The second-order valence-corrected chi connectivity index (χ2v) is 8.41. The van der Waals surface area contributed by atoms with E-state index in [1.165, 1.54) is 25.4 Å². The van der Waals surface area contributed by atoms with Crippen molar-refractivity contribution in [2.24, 2.45) is 5.73 Å². The Bertz CT molecular complexity index is 1020. The number of nitrogens with one attached hydrogen (secondary N) is 2. The van der Waals surface area contributed by atoms with Crippen molar-refractivity contribution < 1.29 is 23.5 Å². The lowest BCUT2D eigenvalue weighted by molar-refractivity contribution is 0.0595. The van der Waals surface area contributed by atoms with Gasteiger partial charge < -0.3 is 15.2 Å². The highest BCUT2D eigenvalue weighted by Crippen LogP contribution is 2.31. The number of aromatic nitrogens is 1. The Balaban J connectivity index is 2.41. The van der Waals surface area contributed by atoms with Crippen LogP contribution in [0.3, 0.4) is 0 Å². The highest BCUT2D eigenvalue weighted by Gasteiger charge is 2.30. The Morgan fingerprint density at radius 3 is 2.65 bits per heavy atom. The van der Waals surface area contributed by atoms with E-state index in [2.05, 4.69) is 25.6 Å². The number of carbonyl (C=O) groups excluding carboxylic acids is 2. The molecule has 11 heteroatoms. The highest BCUT2D eigenvalue weighted by molar-refractivity contribution is 9.10. The Hall–Kier alpha value is -2.50. The summed E-state index contributed by atoms with van der Waals surface area (Å²) in [6.07, 6.45) is 0.331. The molecule has 1 aromatic heterocycles. The van der Waals surface area contributed by atoms with Gasteiger partial charge in [0.05, 0.1) is 12.7 Å². The second-order valence-electron chi connectivity index (χ2n) is 6.67. The molecule has 0 saturated heterocycles. The summed E-state index contributed by atoms with van der Waals surface area (Å²) in [5.74, 6) is -2.18. The fourth-order valence-electron chi connectivity index (χ4n) is 2.97. The number of primary amides is 1. The molecule has 1 heterocycles. The molecular weight excluding hydrogens is 491 g/mol. The van der Waals surface area contributed by atoms with E-state index < -0.39 is 35.7 Å². The number of hydrogen-bond acceptors (Lipinski definition) is 8. The van der Waals surface area contributed by atoms with Gasteiger partial charge in [-0.3, -0.25) is 5.41 Å². The molecule has 0 aliphatic carbocycles. The predicted molar refractivity (Wildman–Crippen MR) is 119 cm³/mol. The summed E-state index contributed by atoms with van der Waals surface area (Å²) in [7, 11) is 1.25. The first-order valence-electron chi connectivity index (χ1n) is 9.04. The summed E-state index contributed by atoms with van der Waals surface area (Å²) >= 11 is 4.18. The van der Waals surface area contributed by atoms with Gasteiger partial charge in [0.2, 0.25) is 5.90 Å². The van der Waals surface area contributed by atoms with Gasteiger partial charge in [-0.25, -0.2) is 23.7 Å². The number of halogens is 2. The molecule has 0 spiro atoms. The highest BCUT2D eigenvalue weighted by atomic mass is 79.9. The number of esters is 1. The molecule has 4 N–H and O–H groups in total. The molecule has 0 fully saturated rings. The number of nitrogens with zero attached hydrogens (tertiary/aromatic N) is 1. The van der Waals surface area contributed by atoms with E-state index >= 15 is 0 Å². The third kappa shape index (κ3) is 6.02. The quantitative estimate of drug-likeness (QED) is 0.219. The van der Waals surface area contributed by atoms with Gasteiger partial charge in [0.15, 0.2) is 0 Å². The zero-order valence-corrected chi connectivity index (χ0v) is 19.7. The van der Waals surface area contributed by atoms with E-state index in [0.717, 1.165) is 17.5 Å². The Morgan fingerprint density at radius 1 is 1.35 bits per heavy atom. The number of amides is 1. The van der Waals surface area contributed by atoms with Gasteiger partial charge in [-0.1, -0.05) is 13.0 Å². The van der Waals surface area contributed by atoms with Crippen molar-refractivity contribution in [3.63, 3.8) is 0 Å². The summed E-state index contributed by atoms with van der Waals surface area (Å²) < 4.78 is 27.8. The van der Waals surface area contributed by atoms with Crippen LogP contribution in [0.5, 0.6) is 0 Å². The monoisotopic (exact) mass is 512 g/mol. The number of methoxy groups -OCH3 is 1. The van der Waals surface area contributed by atoms with Crippen LogP contribution in [0.2, 0.25) is 0 Å². The second kappa shape index (κ2) is 10.7. The molecule has 2 atom stereocenters. The van der Waals surface area contributed by atoms with E-state index in [-0.39, 0.29) is 10.6 Å². The zero-order valence-electron chi connectivity index (χ0n) is 17.3. The average molecular weight is 513 g/mol. The van der Waals surface area contributed by atoms with Crippen LogP contribution >= 0.6 is 27.9 Å². The van der Waals surface area contributed by atoms with E-state index in [4.69, 9.17) is 20.6 Å². The van der Waals surface area contributed by atoms with Gasteiger partial charge in [-0.15, -0.1) is 0 Å². The first-order valence-corrected chi connectivity index (χ1v) is 10.6. The van der Waals surface area contributed by atoms with Crippen molar-refractivity contribution in [3.8, 4) is 0 Å². The van der Waals surface area contributed by atoms with Crippen molar-refractivity contribution in [2.75, 3.05) is 7.11 Å². The van der Waals surface area contributed by atoms with E-state index in [0.29, 0.717) is 15.6 Å². The van der Waals surface area contributed by atoms with Crippen LogP contribution < -0.4 is 10.5 Å². The summed E-state index contributed by atoms with van der Waals surface area (Å²) in [5.41, 5.74) is 7.21. The number of carbonyl (C=O) groups is 2. The number of pyridine rings is 1. The summed E-state index contributed by atoms with van der Waals surface area (Å²) in [6.45, 7) is 5.32. The van der Waals surface area contributed by atoms with Crippen LogP contribution in [0.25, 0.3) is 0 Å². The number of benzene rings is 1. The molecule has 8 nitrogen and oxygen atoms in total. The minimum Gasteiger partial charge on any atom is -0.465 e. The van der Waals surface area contributed by atoms with Crippen molar-refractivity contribution in [1.29, 1.82) is 5.41 Å². The Morgan fingerprint density at radius 2 is 2.03 bits per heavy atom. The standard InChI is InChI=1S/C20H22BrFN4O4S/c1-9-5-6-14(22)15(10(9)2)11(3)16(17(23)30-20(24)28)26-31-18-13(19(27)29-4)7-12(21)8-25-18/h5-8,11,16,23,26H,1-4H3,(H2,24,28). The number of nitrogens with two attached hydrogens (primary N) is 1. The normalized spacial score (nSPS) is 12.7. The van der Waals surface area contributed by atoms with Gasteiger partial charge in [0, 0.05) is 16.6 Å². The van der Waals surface area contributed by atoms with Crippen molar-refractivity contribution in [2.45, 2.75) is 37.8 Å². The lowest BCUT2D eigenvalue weighted by Crippen LogP contribution is -2.40. The summed E-state index contributed by atoms with van der Waals surface area (Å²) in [6, 6.07) is 3.58. The van der Waals surface area contributed by atoms with E-state index in [1.54, 1.807) is 19.9 Å². The van der Waals surface area contributed by atoms with Gasteiger partial charge in [-0.05, 0) is 70.5 Å². The number of rotatable bonds is 7. The fraction of sp³-hybridized carbons (Fsp3) is 0.300. The maximum atomic E-state index is 14.7. The molecule has 0 saturated carbocycles. The largest absolute Gasteiger partial charge is 0.465 e. The van der Waals surface area contributed by atoms with Crippen LogP contribution in [0.15, 0.2) is 33.9 Å². The molecule has 0 radical (unpaired) electrons. The third-order valence-electron chi connectivity index (χ3n) is 4.69. The Kier molecular flexibility index (Phi) is 8.54. The minimum atomic E-state index is -1.16.